The summed E-state index contributed by atoms with van der Waals surface area (Å²) in [6.45, 7) is 7.33. The fraction of sp³-hybridized carbons (Fsp3) is 0.419. The third-order valence-corrected chi connectivity index (χ3v) is 7.42. The van der Waals surface area contributed by atoms with Crippen molar-refractivity contribution in [2.45, 2.75) is 70.6 Å². The Labute approximate surface area is 234 Å². The first-order valence-corrected chi connectivity index (χ1v) is 14.1. The molecule has 1 saturated heterocycles. The highest BCUT2D eigenvalue weighted by molar-refractivity contribution is 5.88. The molecule has 208 valence electrons. The van der Waals surface area contributed by atoms with Gasteiger partial charge in [0.2, 0.25) is 0 Å². The first-order valence-electron chi connectivity index (χ1n) is 14.1. The molecular weight excluding hydrogens is 504 g/mol. The van der Waals surface area contributed by atoms with E-state index < -0.39 is 11.7 Å². The van der Waals surface area contributed by atoms with Crippen molar-refractivity contribution >= 4 is 23.4 Å². The van der Waals surface area contributed by atoms with Crippen LogP contribution < -0.4 is 9.80 Å². The van der Waals surface area contributed by atoms with E-state index in [1.807, 2.05) is 75.5 Å². The van der Waals surface area contributed by atoms with Crippen molar-refractivity contribution < 1.29 is 14.6 Å². The third-order valence-electron chi connectivity index (χ3n) is 7.42. The average molecular weight is 541 g/mol. The maximum Gasteiger partial charge on any atom is 0.416 e. The smallest absolute Gasteiger partial charge is 0.416 e. The van der Waals surface area contributed by atoms with Crippen LogP contribution in [0.4, 0.5) is 16.4 Å². The number of amides is 1. The molecule has 0 atom stereocenters. The molecule has 0 unspecified atom stereocenters. The summed E-state index contributed by atoms with van der Waals surface area (Å²) in [5, 5.41) is 14.8. The Kier molecular flexibility index (Phi) is 6.92. The van der Waals surface area contributed by atoms with Crippen LogP contribution in [0.5, 0.6) is 0 Å². The van der Waals surface area contributed by atoms with Gasteiger partial charge in [-0.3, -0.25) is 9.88 Å². The molecule has 9 heteroatoms. The van der Waals surface area contributed by atoms with Crippen LogP contribution in [-0.4, -0.2) is 55.6 Å². The van der Waals surface area contributed by atoms with E-state index in [-0.39, 0.29) is 6.10 Å². The topological polar surface area (TPSA) is 96.1 Å². The van der Waals surface area contributed by atoms with Crippen molar-refractivity contribution in [1.29, 1.82) is 0 Å². The molecule has 1 amide bonds. The number of aromatic nitrogens is 4. The number of carbonyl (C=O) groups is 1. The minimum absolute atomic E-state index is 0.288. The van der Waals surface area contributed by atoms with E-state index in [0.717, 1.165) is 46.7 Å². The normalized spacial score (nSPS) is 16.4. The number of fused-ring (bicyclic) bond motifs is 1. The van der Waals surface area contributed by atoms with Crippen molar-refractivity contribution in [3.63, 3.8) is 0 Å². The lowest BCUT2D eigenvalue weighted by molar-refractivity contribution is 0.0575. The number of carbonyl (C=O) groups excluding carboxylic acids is 1. The summed E-state index contributed by atoms with van der Waals surface area (Å²) in [7, 11) is 0. The highest BCUT2D eigenvalue weighted by Gasteiger charge is 2.32. The van der Waals surface area contributed by atoms with Gasteiger partial charge in [-0.15, -0.1) is 0 Å². The summed E-state index contributed by atoms with van der Waals surface area (Å²) in [6, 6.07) is 15.9. The first kappa shape index (κ1) is 26.3. The highest BCUT2D eigenvalue weighted by Crippen LogP contribution is 2.42. The average Bonchev–Trinajstić information content (AvgIpc) is 3.70. The van der Waals surface area contributed by atoms with E-state index in [2.05, 4.69) is 9.88 Å². The summed E-state index contributed by atoms with van der Waals surface area (Å²) in [6.07, 6.45) is 6.56. The maximum atomic E-state index is 13.8. The number of anilines is 2. The number of nitrogens with zero attached hydrogens (tertiary/aromatic N) is 6. The van der Waals surface area contributed by atoms with E-state index in [1.165, 1.54) is 0 Å². The van der Waals surface area contributed by atoms with E-state index in [0.29, 0.717) is 44.2 Å². The predicted molar refractivity (Wildman–Crippen MR) is 155 cm³/mol. The summed E-state index contributed by atoms with van der Waals surface area (Å²) in [5.41, 5.74) is 4.08. The first-order chi connectivity index (χ1) is 19.2. The molecule has 1 N–H and O–H groups in total. The van der Waals surface area contributed by atoms with Gasteiger partial charge in [-0.05, 0) is 70.1 Å². The van der Waals surface area contributed by atoms with Crippen molar-refractivity contribution in [3.05, 3.63) is 72.1 Å². The molecule has 0 bridgehead atoms. The van der Waals surface area contributed by atoms with Gasteiger partial charge in [-0.2, -0.15) is 9.61 Å². The zero-order valence-corrected chi connectivity index (χ0v) is 23.3. The molecule has 2 fully saturated rings. The van der Waals surface area contributed by atoms with Crippen molar-refractivity contribution in [1.82, 2.24) is 19.6 Å². The van der Waals surface area contributed by atoms with Gasteiger partial charge in [0.25, 0.3) is 0 Å². The van der Waals surface area contributed by atoms with E-state index in [9.17, 15) is 9.90 Å². The lowest BCUT2D eigenvalue weighted by atomic mass is 10.1. The van der Waals surface area contributed by atoms with E-state index in [4.69, 9.17) is 14.8 Å². The molecule has 9 nitrogen and oxygen atoms in total. The van der Waals surface area contributed by atoms with Gasteiger partial charge in [0.15, 0.2) is 5.65 Å². The second-order valence-corrected chi connectivity index (χ2v) is 11.8. The molecule has 0 radical (unpaired) electrons. The molecule has 1 saturated carbocycles. The number of aliphatic hydroxyl groups is 1. The number of pyridine rings is 1. The second-order valence-electron chi connectivity index (χ2n) is 11.8. The number of aliphatic hydroxyl groups excluding tert-OH is 1. The van der Waals surface area contributed by atoms with Crippen LogP contribution >= 0.6 is 0 Å². The van der Waals surface area contributed by atoms with Crippen LogP contribution in [0.1, 0.15) is 63.5 Å². The largest absolute Gasteiger partial charge is 0.443 e. The lowest BCUT2D eigenvalue weighted by Gasteiger charge is -2.32. The Morgan fingerprint density at radius 2 is 1.82 bits per heavy atom. The van der Waals surface area contributed by atoms with Crippen LogP contribution in [0.15, 0.2) is 60.9 Å². The summed E-state index contributed by atoms with van der Waals surface area (Å²) >= 11 is 0. The summed E-state index contributed by atoms with van der Waals surface area (Å²) < 4.78 is 7.68. The van der Waals surface area contributed by atoms with Crippen LogP contribution in [0.25, 0.3) is 16.9 Å². The summed E-state index contributed by atoms with van der Waals surface area (Å²) in [4.78, 5) is 27.1. The third kappa shape index (κ3) is 5.65. The lowest BCUT2D eigenvalue weighted by Crippen LogP contribution is -2.39. The van der Waals surface area contributed by atoms with E-state index in [1.54, 1.807) is 15.6 Å². The fourth-order valence-corrected chi connectivity index (χ4v) is 5.14. The van der Waals surface area contributed by atoms with Crippen LogP contribution in [0.2, 0.25) is 0 Å². The van der Waals surface area contributed by atoms with Crippen LogP contribution in [0.3, 0.4) is 0 Å². The minimum Gasteiger partial charge on any atom is -0.443 e. The van der Waals surface area contributed by atoms with Crippen molar-refractivity contribution in [2.24, 2.45) is 0 Å². The van der Waals surface area contributed by atoms with Gasteiger partial charge in [-0.1, -0.05) is 30.3 Å². The molecule has 1 aliphatic heterocycles. The number of hydrogen-bond donors (Lipinski definition) is 1. The number of hydrogen-bond acceptors (Lipinski definition) is 7. The Bertz CT molecular complexity index is 1480. The van der Waals surface area contributed by atoms with Gasteiger partial charge in [0.1, 0.15) is 17.2 Å². The molecule has 3 aromatic heterocycles. The maximum absolute atomic E-state index is 13.8. The van der Waals surface area contributed by atoms with Gasteiger partial charge in [0, 0.05) is 36.5 Å². The molecular formula is C31H36N6O3. The highest BCUT2D eigenvalue weighted by atomic mass is 16.6. The van der Waals surface area contributed by atoms with Crippen LogP contribution in [0, 0.1) is 0 Å². The van der Waals surface area contributed by atoms with Crippen LogP contribution in [-0.2, 0) is 11.3 Å². The number of benzene rings is 1. The van der Waals surface area contributed by atoms with Crippen molar-refractivity contribution in [3.8, 4) is 11.3 Å². The molecule has 2 aliphatic rings. The molecule has 6 rings (SSSR count). The Morgan fingerprint density at radius 3 is 2.48 bits per heavy atom. The Balaban J connectivity index is 1.41. The standard InChI is InChI=1S/C31H36N6O3/c1-31(2,3)40-30(39)36(20-21-7-9-23(10-8-21)26-6-4-5-15-32-26)28-18-27(35-16-13-24(38)14-17-35)34-29-25(22-11-12-22)19-33-37(28)29/h4-10,15,18-19,22,24,38H,11-14,16-17,20H2,1-3H3. The molecule has 4 heterocycles. The summed E-state index contributed by atoms with van der Waals surface area (Å²) in [5.74, 6) is 1.85. The van der Waals surface area contributed by atoms with E-state index >= 15 is 0 Å². The fourth-order valence-electron chi connectivity index (χ4n) is 5.14. The SMILES string of the molecule is CC(C)(C)OC(=O)N(Cc1ccc(-c2ccccn2)cc1)c1cc(N2CCC(O)CC2)nc2c(C3CC3)cnn12. The van der Waals surface area contributed by atoms with Gasteiger partial charge in [-0.25, -0.2) is 9.78 Å². The quantitative estimate of drug-likeness (QED) is 0.341. The number of rotatable bonds is 6. The monoisotopic (exact) mass is 540 g/mol. The Morgan fingerprint density at radius 1 is 1.07 bits per heavy atom. The zero-order valence-electron chi connectivity index (χ0n) is 23.3. The number of ether oxygens (including phenoxy) is 1. The molecule has 1 aromatic carbocycles. The van der Waals surface area contributed by atoms with Gasteiger partial charge in [0.05, 0.1) is 24.5 Å². The van der Waals surface area contributed by atoms with Gasteiger partial charge >= 0.3 is 6.09 Å². The second kappa shape index (κ2) is 10.5. The van der Waals surface area contributed by atoms with Gasteiger partial charge < -0.3 is 14.7 Å². The predicted octanol–water partition coefficient (Wildman–Crippen LogP) is 5.57. The number of piperidine rings is 1. The molecule has 1 aliphatic carbocycles. The molecule has 0 spiro atoms. The Hall–Kier alpha value is -3.98. The molecule has 4 aromatic rings. The minimum atomic E-state index is -0.667. The van der Waals surface area contributed by atoms with Crippen molar-refractivity contribution in [2.75, 3.05) is 22.9 Å². The zero-order chi connectivity index (χ0) is 27.9. The molecule has 40 heavy (non-hydrogen) atoms.